The standard InChI is InChI=1S/C37H57NO9/c1-9-29(47-37(44)30-20-17-18-22-38(30)36(43)28(6)39)24-32(41)26(4)23-27(5)34(42)35(46-8)31(40)21-16-14-12-11-13-15-19-25(3)33(10-2)45-7/h11-13,15,19,23,26,29-30,33-35,42H,9-10,14,16-18,20-22,24H2,1-8H3. The maximum Gasteiger partial charge on any atom is 0.329 e. The van der Waals surface area contributed by atoms with Gasteiger partial charge in [0, 0.05) is 46.4 Å². The highest BCUT2D eigenvalue weighted by atomic mass is 16.5. The number of carbonyl (C=O) groups is 5. The first-order valence-electron chi connectivity index (χ1n) is 16.8. The van der Waals surface area contributed by atoms with Gasteiger partial charge in [-0.15, -0.1) is 0 Å². The lowest BCUT2D eigenvalue weighted by atomic mass is 9.93. The molecule has 1 aliphatic rings. The van der Waals surface area contributed by atoms with Crippen LogP contribution >= 0.6 is 0 Å². The number of piperidine rings is 1. The summed E-state index contributed by atoms with van der Waals surface area (Å²) in [5.74, 6) is -2.99. The molecule has 1 heterocycles. The van der Waals surface area contributed by atoms with E-state index in [0.717, 1.165) is 18.4 Å². The number of ether oxygens (including phenoxy) is 3. The summed E-state index contributed by atoms with van der Waals surface area (Å²) < 4.78 is 16.4. The molecule has 47 heavy (non-hydrogen) atoms. The zero-order valence-corrected chi connectivity index (χ0v) is 29.7. The van der Waals surface area contributed by atoms with E-state index in [1.807, 2.05) is 37.3 Å². The van der Waals surface area contributed by atoms with Gasteiger partial charge in [-0.25, -0.2) is 4.79 Å². The molecule has 1 N–H and O–H groups in total. The number of hydrogen-bond donors (Lipinski definition) is 1. The summed E-state index contributed by atoms with van der Waals surface area (Å²) in [4.78, 5) is 64.1. The maximum absolute atomic E-state index is 13.1. The molecular weight excluding hydrogens is 602 g/mol. The lowest BCUT2D eigenvalue weighted by Crippen LogP contribution is -2.51. The Morgan fingerprint density at radius 1 is 0.915 bits per heavy atom. The van der Waals surface area contributed by atoms with Crippen LogP contribution in [0.2, 0.25) is 0 Å². The molecule has 0 saturated carbocycles. The summed E-state index contributed by atoms with van der Waals surface area (Å²) in [6.07, 6.45) is 13.2. The van der Waals surface area contributed by atoms with E-state index in [1.165, 1.54) is 18.9 Å². The Balaban J connectivity index is 2.68. The third-order valence-corrected chi connectivity index (χ3v) is 8.52. The molecule has 0 aromatic carbocycles. The number of carbonyl (C=O) groups excluding carboxylic acids is 5. The number of likely N-dealkylation sites (tertiary alicyclic amines) is 1. The van der Waals surface area contributed by atoms with Gasteiger partial charge in [-0.2, -0.15) is 0 Å². The first kappa shape index (κ1) is 41.8. The minimum atomic E-state index is -1.22. The Bertz CT molecular complexity index is 1160. The Morgan fingerprint density at radius 2 is 1.62 bits per heavy atom. The highest BCUT2D eigenvalue weighted by Gasteiger charge is 2.36. The van der Waals surface area contributed by atoms with Crippen LogP contribution < -0.4 is 0 Å². The van der Waals surface area contributed by atoms with Crippen LogP contribution in [0.25, 0.3) is 0 Å². The van der Waals surface area contributed by atoms with Crippen molar-refractivity contribution in [3.05, 3.63) is 47.6 Å². The molecule has 0 aliphatic carbocycles. The predicted octanol–water partition coefficient (Wildman–Crippen LogP) is 5.42. The normalized spacial score (nSPS) is 19.3. The summed E-state index contributed by atoms with van der Waals surface area (Å²) in [6, 6.07) is -0.845. The molecule has 1 amide bonds. The number of Topliss-reactive ketones (excluding diaryl/α,β-unsaturated/α-hetero) is 3. The first-order chi connectivity index (χ1) is 22.3. The molecule has 0 aromatic heterocycles. The van der Waals surface area contributed by atoms with E-state index in [2.05, 4.69) is 6.92 Å². The van der Waals surface area contributed by atoms with Gasteiger partial charge >= 0.3 is 5.97 Å². The van der Waals surface area contributed by atoms with Crippen LogP contribution in [-0.2, 0) is 38.2 Å². The van der Waals surface area contributed by atoms with Gasteiger partial charge in [0.2, 0.25) is 5.78 Å². The van der Waals surface area contributed by atoms with Crippen LogP contribution in [0, 0.1) is 5.92 Å². The van der Waals surface area contributed by atoms with Gasteiger partial charge in [0.1, 0.15) is 30.1 Å². The van der Waals surface area contributed by atoms with Crippen LogP contribution in [0.5, 0.6) is 0 Å². The van der Waals surface area contributed by atoms with E-state index in [-0.39, 0.29) is 30.5 Å². The molecule has 1 rings (SSSR count). The van der Waals surface area contributed by atoms with Crippen molar-refractivity contribution in [3.63, 3.8) is 0 Å². The fraction of sp³-hybridized carbons (Fsp3) is 0.649. The number of unbranched alkanes of at least 4 members (excludes halogenated alkanes) is 1. The van der Waals surface area contributed by atoms with Crippen molar-refractivity contribution < 1.29 is 43.3 Å². The van der Waals surface area contributed by atoms with Crippen LogP contribution in [0.15, 0.2) is 47.6 Å². The van der Waals surface area contributed by atoms with E-state index in [0.29, 0.717) is 44.2 Å². The number of ketones is 3. The second kappa shape index (κ2) is 22.4. The van der Waals surface area contributed by atoms with E-state index >= 15 is 0 Å². The number of aliphatic hydroxyl groups is 1. The molecule has 1 saturated heterocycles. The van der Waals surface area contributed by atoms with Crippen molar-refractivity contribution >= 4 is 29.2 Å². The van der Waals surface area contributed by atoms with Crippen molar-refractivity contribution in [2.24, 2.45) is 5.92 Å². The number of esters is 1. The van der Waals surface area contributed by atoms with Crippen molar-refractivity contribution in [2.45, 2.75) is 130 Å². The van der Waals surface area contributed by atoms with E-state index in [1.54, 1.807) is 34.0 Å². The summed E-state index contributed by atoms with van der Waals surface area (Å²) in [6.45, 7) is 10.7. The number of aliphatic hydroxyl groups excluding tert-OH is 1. The average molecular weight is 660 g/mol. The van der Waals surface area contributed by atoms with Gasteiger partial charge in [-0.1, -0.05) is 57.2 Å². The lowest BCUT2D eigenvalue weighted by Gasteiger charge is -2.34. The maximum atomic E-state index is 13.1. The van der Waals surface area contributed by atoms with Crippen LogP contribution in [0.1, 0.15) is 99.3 Å². The number of allylic oxidation sites excluding steroid dienone is 6. The molecule has 10 heteroatoms. The smallest absolute Gasteiger partial charge is 0.329 e. The zero-order chi connectivity index (χ0) is 35.5. The summed E-state index contributed by atoms with van der Waals surface area (Å²) >= 11 is 0. The van der Waals surface area contributed by atoms with Gasteiger partial charge < -0.3 is 24.2 Å². The fourth-order valence-electron chi connectivity index (χ4n) is 5.57. The third-order valence-electron chi connectivity index (χ3n) is 8.52. The van der Waals surface area contributed by atoms with E-state index in [4.69, 9.17) is 14.2 Å². The van der Waals surface area contributed by atoms with Crippen LogP contribution in [-0.4, -0.2) is 90.5 Å². The van der Waals surface area contributed by atoms with Gasteiger partial charge in [0.05, 0.1) is 6.10 Å². The van der Waals surface area contributed by atoms with Crippen molar-refractivity contribution in [1.82, 2.24) is 4.90 Å². The molecule has 0 aromatic rings. The number of nitrogens with zero attached hydrogens (tertiary/aromatic N) is 1. The average Bonchev–Trinajstić information content (AvgIpc) is 3.05. The quantitative estimate of drug-likeness (QED) is 0.0563. The Hall–Kier alpha value is -3.21. The number of rotatable bonds is 21. The van der Waals surface area contributed by atoms with E-state index < -0.39 is 47.9 Å². The summed E-state index contributed by atoms with van der Waals surface area (Å²) in [5, 5.41) is 10.9. The topological polar surface area (TPSA) is 137 Å². The fourth-order valence-corrected chi connectivity index (χ4v) is 5.57. The molecule has 0 spiro atoms. The molecular formula is C37H57NO9. The minimum Gasteiger partial charge on any atom is -0.460 e. The SMILES string of the molecule is CCC(CC(=O)C(C)C=C(C)C(O)C(OC)C(=O)CCCC=CC=CC=C(C)C(CC)OC)OC(=O)C1CCCCN1C(=O)C(C)=O. The van der Waals surface area contributed by atoms with Crippen LogP contribution in [0.4, 0.5) is 0 Å². The second-order valence-corrected chi connectivity index (χ2v) is 12.2. The van der Waals surface area contributed by atoms with Crippen molar-refractivity contribution in [3.8, 4) is 0 Å². The molecule has 264 valence electrons. The van der Waals surface area contributed by atoms with Crippen molar-refractivity contribution in [2.75, 3.05) is 20.8 Å². The molecule has 6 unspecified atom stereocenters. The first-order valence-corrected chi connectivity index (χ1v) is 16.8. The molecule has 1 aliphatic heterocycles. The van der Waals surface area contributed by atoms with Crippen LogP contribution in [0.3, 0.4) is 0 Å². The highest BCUT2D eigenvalue weighted by Crippen LogP contribution is 2.22. The minimum absolute atomic E-state index is 0.0473. The molecule has 10 nitrogen and oxygen atoms in total. The predicted molar refractivity (Wildman–Crippen MR) is 182 cm³/mol. The van der Waals surface area contributed by atoms with E-state index in [9.17, 15) is 29.1 Å². The number of methoxy groups -OCH3 is 2. The lowest BCUT2D eigenvalue weighted by molar-refractivity contribution is -0.163. The van der Waals surface area contributed by atoms with Gasteiger partial charge in [0.25, 0.3) is 5.91 Å². The molecule has 0 radical (unpaired) electrons. The Morgan fingerprint density at radius 3 is 2.21 bits per heavy atom. The monoisotopic (exact) mass is 659 g/mol. The summed E-state index contributed by atoms with van der Waals surface area (Å²) in [7, 11) is 3.07. The van der Waals surface area contributed by atoms with Gasteiger partial charge in [-0.3, -0.25) is 19.2 Å². The third kappa shape index (κ3) is 14.2. The Kier molecular flexibility index (Phi) is 19.9. The molecule has 1 fully saturated rings. The largest absolute Gasteiger partial charge is 0.460 e. The van der Waals surface area contributed by atoms with Crippen molar-refractivity contribution in [1.29, 1.82) is 0 Å². The van der Waals surface area contributed by atoms with Gasteiger partial charge in [0.15, 0.2) is 5.78 Å². The highest BCUT2D eigenvalue weighted by molar-refractivity contribution is 6.35. The summed E-state index contributed by atoms with van der Waals surface area (Å²) in [5.41, 5.74) is 1.58. The second-order valence-electron chi connectivity index (χ2n) is 12.2. The molecule has 6 atom stereocenters. The Labute approximate surface area is 281 Å². The molecule has 0 bridgehead atoms. The number of amides is 1. The number of hydrogen-bond acceptors (Lipinski definition) is 9. The van der Waals surface area contributed by atoms with Gasteiger partial charge in [-0.05, 0) is 69.9 Å². The zero-order valence-electron chi connectivity index (χ0n) is 29.7.